The van der Waals surface area contributed by atoms with E-state index in [4.69, 9.17) is 4.74 Å². The van der Waals surface area contributed by atoms with Crippen LogP contribution in [0.15, 0.2) is 24.3 Å². The summed E-state index contributed by atoms with van der Waals surface area (Å²) in [5.74, 6) is 0.490. The number of sulfonamides is 1. The minimum Gasteiger partial charge on any atom is -0.377 e. The Kier molecular flexibility index (Phi) is 7.05. The molecular weight excluding hydrogens is 372 g/mol. The third-order valence-electron chi connectivity index (χ3n) is 6.71. The Morgan fingerprint density at radius 3 is 2.68 bits per heavy atom. The average Bonchev–Trinajstić information content (AvgIpc) is 2.64. The van der Waals surface area contributed by atoms with E-state index >= 15 is 0 Å². The van der Waals surface area contributed by atoms with Gasteiger partial charge in [0.1, 0.15) is 0 Å². The number of piperidine rings is 1. The maximum Gasteiger partial charge on any atom is 0.229 e. The molecule has 2 aliphatic rings. The van der Waals surface area contributed by atoms with Crippen molar-refractivity contribution in [3.63, 3.8) is 0 Å². The van der Waals surface area contributed by atoms with Crippen molar-refractivity contribution in [1.82, 2.24) is 4.90 Å². The smallest absolute Gasteiger partial charge is 0.229 e. The molecule has 2 unspecified atom stereocenters. The van der Waals surface area contributed by atoms with Crippen LogP contribution in [0.3, 0.4) is 0 Å². The van der Waals surface area contributed by atoms with Crippen molar-refractivity contribution in [2.24, 2.45) is 5.92 Å². The molecule has 1 aliphatic heterocycles. The van der Waals surface area contributed by atoms with Crippen LogP contribution in [-0.2, 0) is 20.2 Å². The molecule has 5 nitrogen and oxygen atoms in total. The van der Waals surface area contributed by atoms with Gasteiger partial charge in [-0.15, -0.1) is 0 Å². The van der Waals surface area contributed by atoms with E-state index in [2.05, 4.69) is 29.5 Å². The molecule has 1 aliphatic carbocycles. The number of hydrogen-bond acceptors (Lipinski definition) is 4. The van der Waals surface area contributed by atoms with Crippen LogP contribution in [0.5, 0.6) is 0 Å². The number of rotatable bonds is 7. The lowest BCUT2D eigenvalue weighted by atomic mass is 9.68. The first-order valence-electron chi connectivity index (χ1n) is 10.7. The molecule has 0 amide bonds. The van der Waals surface area contributed by atoms with Gasteiger partial charge in [0.05, 0.1) is 19.0 Å². The van der Waals surface area contributed by atoms with Crippen molar-refractivity contribution in [2.75, 3.05) is 37.2 Å². The second-order valence-corrected chi connectivity index (χ2v) is 10.7. The molecule has 2 atom stereocenters. The molecule has 158 valence electrons. The van der Waals surface area contributed by atoms with Gasteiger partial charge in [-0.05, 0) is 54.8 Å². The molecule has 28 heavy (non-hydrogen) atoms. The summed E-state index contributed by atoms with van der Waals surface area (Å²) in [7, 11) is -3.26. The van der Waals surface area contributed by atoms with Gasteiger partial charge < -0.3 is 9.64 Å². The molecule has 0 bridgehead atoms. The zero-order valence-corrected chi connectivity index (χ0v) is 18.4. The molecule has 3 rings (SSSR count). The molecule has 1 N–H and O–H groups in total. The summed E-state index contributed by atoms with van der Waals surface area (Å²) < 4.78 is 31.8. The summed E-state index contributed by atoms with van der Waals surface area (Å²) in [6, 6.07) is 7.90. The van der Waals surface area contributed by atoms with Crippen molar-refractivity contribution < 1.29 is 13.2 Å². The first-order chi connectivity index (χ1) is 13.3. The molecule has 1 saturated heterocycles. The summed E-state index contributed by atoms with van der Waals surface area (Å²) in [5.41, 5.74) is 1.92. The van der Waals surface area contributed by atoms with Gasteiger partial charge in [0, 0.05) is 18.8 Å². The Labute approximate surface area is 170 Å². The van der Waals surface area contributed by atoms with E-state index in [1.165, 1.54) is 43.9 Å². The van der Waals surface area contributed by atoms with Gasteiger partial charge in [-0.25, -0.2) is 8.42 Å². The first-order valence-corrected chi connectivity index (χ1v) is 12.6. The van der Waals surface area contributed by atoms with Crippen LogP contribution in [0.1, 0.15) is 57.9 Å². The molecule has 0 aromatic heterocycles. The Bertz CT molecular complexity index is 746. The molecular formula is C22H36N2O3S. The van der Waals surface area contributed by atoms with Crippen LogP contribution in [0.4, 0.5) is 5.69 Å². The fourth-order valence-electron chi connectivity index (χ4n) is 4.68. The number of ether oxygens (including phenoxy) is 1. The summed E-state index contributed by atoms with van der Waals surface area (Å²) in [4.78, 5) is 2.52. The second-order valence-electron chi connectivity index (χ2n) is 8.95. The van der Waals surface area contributed by atoms with Gasteiger partial charge in [-0.2, -0.15) is 0 Å². The lowest BCUT2D eigenvalue weighted by molar-refractivity contribution is 0.00526. The van der Waals surface area contributed by atoms with Crippen LogP contribution in [0, 0.1) is 5.92 Å². The maximum absolute atomic E-state index is 11.6. The van der Waals surface area contributed by atoms with Crippen LogP contribution >= 0.6 is 0 Å². The number of hydrogen-bond donors (Lipinski definition) is 1. The SMILES string of the molecule is CC1CN(CCOC2CCCCC2)CCC1(C)c1cccc(NS(C)(=O)=O)c1. The number of nitrogens with one attached hydrogen (secondary N) is 1. The molecule has 0 radical (unpaired) electrons. The Morgan fingerprint density at radius 2 is 2.00 bits per heavy atom. The standard InChI is InChI=1S/C22H36N2O3S/c1-18-17-24(14-15-27-21-10-5-4-6-11-21)13-12-22(18,2)19-8-7-9-20(16-19)23-28(3,25)26/h7-9,16,18,21,23H,4-6,10-15,17H2,1-3H3. The molecule has 1 aromatic rings. The van der Waals surface area contributed by atoms with Crippen LogP contribution < -0.4 is 4.72 Å². The Morgan fingerprint density at radius 1 is 1.25 bits per heavy atom. The van der Waals surface area contributed by atoms with Gasteiger partial charge in [0.2, 0.25) is 10.0 Å². The maximum atomic E-state index is 11.6. The largest absolute Gasteiger partial charge is 0.377 e. The predicted molar refractivity (Wildman–Crippen MR) is 115 cm³/mol. The van der Waals surface area contributed by atoms with E-state index in [9.17, 15) is 8.42 Å². The third kappa shape index (κ3) is 5.71. The highest BCUT2D eigenvalue weighted by Crippen LogP contribution is 2.40. The van der Waals surface area contributed by atoms with E-state index in [1.807, 2.05) is 18.2 Å². The van der Waals surface area contributed by atoms with Gasteiger partial charge in [-0.1, -0.05) is 45.2 Å². The monoisotopic (exact) mass is 408 g/mol. The molecule has 2 fully saturated rings. The van der Waals surface area contributed by atoms with Crippen LogP contribution in [-0.4, -0.2) is 51.9 Å². The zero-order chi connectivity index (χ0) is 20.2. The molecule has 1 aromatic carbocycles. The van der Waals surface area contributed by atoms with Crippen LogP contribution in [0.2, 0.25) is 0 Å². The summed E-state index contributed by atoms with van der Waals surface area (Å²) in [6.07, 6.45) is 9.19. The number of benzene rings is 1. The predicted octanol–water partition coefficient (Wildman–Crippen LogP) is 4.01. The van der Waals surface area contributed by atoms with E-state index in [0.29, 0.717) is 17.7 Å². The molecule has 1 heterocycles. The topological polar surface area (TPSA) is 58.6 Å². The fraction of sp³-hybridized carbons (Fsp3) is 0.727. The van der Waals surface area contributed by atoms with E-state index in [-0.39, 0.29) is 5.41 Å². The van der Waals surface area contributed by atoms with E-state index < -0.39 is 10.0 Å². The van der Waals surface area contributed by atoms with Crippen molar-refractivity contribution in [1.29, 1.82) is 0 Å². The molecule has 0 spiro atoms. The van der Waals surface area contributed by atoms with E-state index in [1.54, 1.807) is 0 Å². The number of nitrogens with zero attached hydrogens (tertiary/aromatic N) is 1. The number of likely N-dealkylation sites (tertiary alicyclic amines) is 1. The minimum atomic E-state index is -3.26. The molecule has 1 saturated carbocycles. The van der Waals surface area contributed by atoms with Gasteiger partial charge in [0.15, 0.2) is 0 Å². The zero-order valence-electron chi connectivity index (χ0n) is 17.6. The van der Waals surface area contributed by atoms with Crippen molar-refractivity contribution in [2.45, 2.75) is 63.9 Å². The lowest BCUT2D eigenvalue weighted by Crippen LogP contribution is -2.48. The van der Waals surface area contributed by atoms with Crippen molar-refractivity contribution in [3.8, 4) is 0 Å². The fourth-order valence-corrected chi connectivity index (χ4v) is 5.24. The van der Waals surface area contributed by atoms with Gasteiger partial charge in [0.25, 0.3) is 0 Å². The van der Waals surface area contributed by atoms with Gasteiger partial charge >= 0.3 is 0 Å². The summed E-state index contributed by atoms with van der Waals surface area (Å²) in [5, 5.41) is 0. The Hall–Kier alpha value is -1.11. The minimum absolute atomic E-state index is 0.0515. The Balaban J connectivity index is 1.55. The quantitative estimate of drug-likeness (QED) is 0.741. The highest BCUT2D eigenvalue weighted by atomic mass is 32.2. The third-order valence-corrected chi connectivity index (χ3v) is 7.31. The number of anilines is 1. The second kappa shape index (κ2) is 9.14. The summed E-state index contributed by atoms with van der Waals surface area (Å²) >= 11 is 0. The highest BCUT2D eigenvalue weighted by Gasteiger charge is 2.38. The lowest BCUT2D eigenvalue weighted by Gasteiger charge is -2.45. The summed E-state index contributed by atoms with van der Waals surface area (Å²) in [6.45, 7) is 8.57. The first kappa shape index (κ1) is 21.6. The van der Waals surface area contributed by atoms with Gasteiger partial charge in [-0.3, -0.25) is 4.72 Å². The van der Waals surface area contributed by atoms with Crippen molar-refractivity contribution in [3.05, 3.63) is 29.8 Å². The highest BCUT2D eigenvalue weighted by molar-refractivity contribution is 7.92. The molecule has 6 heteroatoms. The van der Waals surface area contributed by atoms with E-state index in [0.717, 1.165) is 32.7 Å². The normalized spacial score (nSPS) is 27.6. The van der Waals surface area contributed by atoms with Crippen LogP contribution in [0.25, 0.3) is 0 Å². The van der Waals surface area contributed by atoms with Crippen molar-refractivity contribution >= 4 is 15.7 Å². The average molecular weight is 409 g/mol.